The zero-order valence-corrected chi connectivity index (χ0v) is 13.8. The summed E-state index contributed by atoms with van der Waals surface area (Å²) >= 11 is 0. The van der Waals surface area contributed by atoms with Crippen molar-refractivity contribution in [1.82, 2.24) is 9.88 Å². The average molecular weight is 350 g/mol. The number of para-hydroxylation sites is 1. The zero-order valence-electron chi connectivity index (χ0n) is 13.8. The minimum Gasteiger partial charge on any atom is -0.369 e. The topological polar surface area (TPSA) is 45.4 Å². The van der Waals surface area contributed by atoms with Crippen LogP contribution in [0.2, 0.25) is 0 Å². The summed E-state index contributed by atoms with van der Waals surface area (Å²) in [5.41, 5.74) is 6.93. The lowest BCUT2D eigenvalue weighted by Crippen LogP contribution is -2.49. The van der Waals surface area contributed by atoms with Gasteiger partial charge >= 0.3 is 6.18 Å². The summed E-state index contributed by atoms with van der Waals surface area (Å²) in [5.74, 6) is 0. The van der Waals surface area contributed by atoms with Gasteiger partial charge in [0.15, 0.2) is 0 Å². The van der Waals surface area contributed by atoms with Gasteiger partial charge in [-0.05, 0) is 23.8 Å². The molecule has 1 fully saturated rings. The van der Waals surface area contributed by atoms with Gasteiger partial charge in [0.05, 0.1) is 0 Å². The fourth-order valence-electron chi connectivity index (χ4n) is 3.20. The summed E-state index contributed by atoms with van der Waals surface area (Å²) in [4.78, 5) is 8.07. The minimum absolute atomic E-state index is 0.118. The molecule has 134 valence electrons. The molecule has 2 aromatic rings. The Labute approximate surface area is 145 Å². The third kappa shape index (κ3) is 4.11. The highest BCUT2D eigenvalue weighted by atomic mass is 19.4. The maximum absolute atomic E-state index is 12.7. The van der Waals surface area contributed by atoms with Crippen molar-refractivity contribution in [3.05, 3.63) is 59.9 Å². The van der Waals surface area contributed by atoms with Crippen LogP contribution in [0.1, 0.15) is 17.3 Å². The summed E-state index contributed by atoms with van der Waals surface area (Å²) in [6.45, 7) is 3.66. The van der Waals surface area contributed by atoms with Gasteiger partial charge in [-0.1, -0.05) is 24.3 Å². The van der Waals surface area contributed by atoms with Crippen LogP contribution in [0.15, 0.2) is 48.7 Å². The van der Waals surface area contributed by atoms with Crippen molar-refractivity contribution < 1.29 is 13.2 Å². The molecule has 0 amide bonds. The lowest BCUT2D eigenvalue weighted by molar-refractivity contribution is -0.141. The average Bonchev–Trinajstić information content (AvgIpc) is 2.63. The lowest BCUT2D eigenvalue weighted by atomic mass is 10.1. The molecule has 1 aromatic heterocycles. The van der Waals surface area contributed by atoms with Crippen LogP contribution in [0.3, 0.4) is 0 Å². The Kier molecular flexibility index (Phi) is 5.24. The number of nitrogens with zero attached hydrogens (tertiary/aromatic N) is 3. The number of piperazine rings is 1. The van der Waals surface area contributed by atoms with Crippen molar-refractivity contribution in [1.29, 1.82) is 0 Å². The quantitative estimate of drug-likeness (QED) is 0.921. The number of halogens is 3. The van der Waals surface area contributed by atoms with Crippen LogP contribution in [-0.2, 0) is 6.18 Å². The number of benzene rings is 1. The van der Waals surface area contributed by atoms with E-state index in [9.17, 15) is 13.2 Å². The van der Waals surface area contributed by atoms with Crippen LogP contribution in [0.25, 0.3) is 0 Å². The van der Waals surface area contributed by atoms with Gasteiger partial charge in [0.2, 0.25) is 0 Å². The third-order valence-corrected chi connectivity index (χ3v) is 4.56. The third-order valence-electron chi connectivity index (χ3n) is 4.56. The molecule has 0 saturated carbocycles. The Morgan fingerprint density at radius 3 is 2.20 bits per heavy atom. The van der Waals surface area contributed by atoms with E-state index in [0.717, 1.165) is 37.8 Å². The first-order valence-electron chi connectivity index (χ1n) is 8.26. The van der Waals surface area contributed by atoms with Gasteiger partial charge in [0, 0.05) is 50.6 Å². The van der Waals surface area contributed by atoms with Crippen LogP contribution in [0, 0.1) is 0 Å². The van der Waals surface area contributed by atoms with Crippen LogP contribution in [0.5, 0.6) is 0 Å². The molecule has 7 heteroatoms. The molecule has 1 saturated heterocycles. The summed E-state index contributed by atoms with van der Waals surface area (Å²) < 4.78 is 38.0. The van der Waals surface area contributed by atoms with Crippen molar-refractivity contribution in [3.8, 4) is 0 Å². The van der Waals surface area contributed by atoms with Gasteiger partial charge in [-0.15, -0.1) is 0 Å². The van der Waals surface area contributed by atoms with E-state index in [1.807, 2.05) is 18.2 Å². The summed E-state index contributed by atoms with van der Waals surface area (Å²) in [5, 5.41) is 0. The monoisotopic (exact) mass is 350 g/mol. The molecular formula is C18H21F3N4. The van der Waals surface area contributed by atoms with E-state index >= 15 is 0 Å². The van der Waals surface area contributed by atoms with Crippen molar-refractivity contribution in [2.75, 3.05) is 37.6 Å². The highest BCUT2D eigenvalue weighted by Gasteiger charge is 2.32. The molecule has 1 unspecified atom stereocenters. The van der Waals surface area contributed by atoms with Crippen LogP contribution in [-0.4, -0.2) is 42.6 Å². The van der Waals surface area contributed by atoms with Gasteiger partial charge < -0.3 is 10.6 Å². The standard InChI is InChI=1S/C18H21F3N4/c19-18(20,21)17-7-6-14(13-23-17)16(12-22)25-10-8-24(9-11-25)15-4-2-1-3-5-15/h1-7,13,16H,8-12,22H2. The number of aromatic nitrogens is 1. The van der Waals surface area contributed by atoms with E-state index in [4.69, 9.17) is 5.73 Å². The Balaban J connectivity index is 1.66. The van der Waals surface area contributed by atoms with E-state index in [1.165, 1.54) is 18.0 Å². The first-order valence-corrected chi connectivity index (χ1v) is 8.26. The molecule has 0 radical (unpaired) electrons. The second kappa shape index (κ2) is 7.41. The summed E-state index contributed by atoms with van der Waals surface area (Å²) in [6.07, 6.45) is -3.12. The Bertz CT molecular complexity index is 665. The number of hydrogen-bond donors (Lipinski definition) is 1. The van der Waals surface area contributed by atoms with Crippen LogP contribution >= 0.6 is 0 Å². The Hall–Kier alpha value is -2.12. The van der Waals surface area contributed by atoms with E-state index in [-0.39, 0.29) is 6.04 Å². The molecule has 0 bridgehead atoms. The molecule has 4 nitrogen and oxygen atoms in total. The lowest BCUT2D eigenvalue weighted by Gasteiger charge is -2.40. The molecule has 1 aliphatic rings. The predicted molar refractivity (Wildman–Crippen MR) is 91.3 cm³/mol. The second-order valence-corrected chi connectivity index (χ2v) is 6.08. The second-order valence-electron chi connectivity index (χ2n) is 6.08. The molecule has 0 aliphatic carbocycles. The number of pyridine rings is 1. The molecule has 2 N–H and O–H groups in total. The molecule has 1 aliphatic heterocycles. The summed E-state index contributed by atoms with van der Waals surface area (Å²) in [6, 6.07) is 12.6. The molecule has 0 spiro atoms. The fraction of sp³-hybridized carbons (Fsp3) is 0.389. The van der Waals surface area contributed by atoms with Crippen LogP contribution < -0.4 is 10.6 Å². The van der Waals surface area contributed by atoms with E-state index < -0.39 is 11.9 Å². The summed E-state index contributed by atoms with van der Waals surface area (Å²) in [7, 11) is 0. The van der Waals surface area contributed by atoms with Crippen molar-refractivity contribution in [3.63, 3.8) is 0 Å². The smallest absolute Gasteiger partial charge is 0.369 e. The van der Waals surface area contributed by atoms with Crippen molar-refractivity contribution in [2.45, 2.75) is 12.2 Å². The SMILES string of the molecule is NCC(c1ccc(C(F)(F)F)nc1)N1CCN(c2ccccc2)CC1. The molecule has 2 heterocycles. The van der Waals surface area contributed by atoms with E-state index in [2.05, 4.69) is 26.9 Å². The van der Waals surface area contributed by atoms with E-state index in [0.29, 0.717) is 6.54 Å². The number of alkyl halides is 3. The number of hydrogen-bond acceptors (Lipinski definition) is 4. The number of rotatable bonds is 4. The number of nitrogens with two attached hydrogens (primary N) is 1. The molecule has 3 rings (SSSR count). The molecule has 1 atom stereocenters. The van der Waals surface area contributed by atoms with E-state index in [1.54, 1.807) is 0 Å². The van der Waals surface area contributed by atoms with Gasteiger partial charge in [0.25, 0.3) is 0 Å². The van der Waals surface area contributed by atoms with Gasteiger partial charge in [-0.3, -0.25) is 9.88 Å². The highest BCUT2D eigenvalue weighted by molar-refractivity contribution is 5.46. The first-order chi connectivity index (χ1) is 12.0. The minimum atomic E-state index is -4.42. The maximum atomic E-state index is 12.7. The predicted octanol–water partition coefficient (Wildman–Crippen LogP) is 2.92. The van der Waals surface area contributed by atoms with Gasteiger partial charge in [-0.25, -0.2) is 0 Å². The fourth-order valence-corrected chi connectivity index (χ4v) is 3.20. The largest absolute Gasteiger partial charge is 0.433 e. The van der Waals surface area contributed by atoms with Gasteiger partial charge in [0.1, 0.15) is 5.69 Å². The van der Waals surface area contributed by atoms with Crippen molar-refractivity contribution in [2.24, 2.45) is 5.73 Å². The molecule has 1 aromatic carbocycles. The normalized spacial score (nSPS) is 17.5. The maximum Gasteiger partial charge on any atom is 0.433 e. The Morgan fingerprint density at radius 1 is 1.00 bits per heavy atom. The zero-order chi connectivity index (χ0) is 17.9. The molecular weight excluding hydrogens is 329 g/mol. The number of anilines is 1. The Morgan fingerprint density at radius 2 is 1.68 bits per heavy atom. The molecule has 25 heavy (non-hydrogen) atoms. The van der Waals surface area contributed by atoms with Crippen molar-refractivity contribution >= 4 is 5.69 Å². The van der Waals surface area contributed by atoms with Gasteiger partial charge in [-0.2, -0.15) is 13.2 Å². The highest BCUT2D eigenvalue weighted by Crippen LogP contribution is 2.29. The van der Waals surface area contributed by atoms with Crippen LogP contribution in [0.4, 0.5) is 18.9 Å². The first kappa shape index (κ1) is 17.7.